The fourth-order valence-electron chi connectivity index (χ4n) is 3.52. The van der Waals surface area contributed by atoms with Crippen molar-refractivity contribution in [3.05, 3.63) is 36.1 Å². The zero-order chi connectivity index (χ0) is 16.4. The van der Waals surface area contributed by atoms with Crippen molar-refractivity contribution >= 4 is 16.9 Å². The van der Waals surface area contributed by atoms with E-state index in [9.17, 15) is 4.79 Å². The molecule has 3 rings (SSSR count). The highest BCUT2D eigenvalue weighted by Crippen LogP contribution is 2.34. The lowest BCUT2D eigenvalue weighted by Gasteiger charge is -2.40. The number of likely N-dealkylation sites (tertiary alicyclic amines) is 1. The van der Waals surface area contributed by atoms with E-state index in [4.69, 9.17) is 10.2 Å². The minimum absolute atomic E-state index is 0.163. The van der Waals surface area contributed by atoms with E-state index in [-0.39, 0.29) is 11.3 Å². The Morgan fingerprint density at radius 2 is 2.00 bits per heavy atom. The number of nitrogens with zero attached hydrogens (tertiary/aromatic N) is 1. The van der Waals surface area contributed by atoms with Gasteiger partial charge >= 0.3 is 0 Å². The number of nitrogens with two attached hydrogens (primary N) is 1. The topological polar surface area (TPSA) is 59.5 Å². The molecular formula is C19H26N2O2. The molecule has 1 fully saturated rings. The molecule has 1 aromatic heterocycles. The lowest BCUT2D eigenvalue weighted by atomic mass is 9.74. The van der Waals surface area contributed by atoms with Crippen LogP contribution in [-0.4, -0.2) is 30.4 Å². The van der Waals surface area contributed by atoms with Gasteiger partial charge in [0.15, 0.2) is 0 Å². The largest absolute Gasteiger partial charge is 0.464 e. The maximum Gasteiger partial charge on any atom is 0.227 e. The summed E-state index contributed by atoms with van der Waals surface area (Å²) in [5.74, 6) is 0.798. The number of carbonyl (C=O) groups is 1. The maximum absolute atomic E-state index is 12.6. The van der Waals surface area contributed by atoms with Crippen molar-refractivity contribution < 1.29 is 9.21 Å². The Kier molecular flexibility index (Phi) is 4.44. The molecule has 2 heterocycles. The molecule has 0 bridgehead atoms. The summed E-state index contributed by atoms with van der Waals surface area (Å²) in [4.78, 5) is 14.6. The monoisotopic (exact) mass is 314 g/mol. The number of carbonyl (C=O) groups excluding carboxylic acids is 1. The quantitative estimate of drug-likeness (QED) is 0.943. The maximum atomic E-state index is 12.6. The van der Waals surface area contributed by atoms with Crippen LogP contribution in [0.5, 0.6) is 0 Å². The smallest absolute Gasteiger partial charge is 0.227 e. The van der Waals surface area contributed by atoms with Crippen LogP contribution in [-0.2, 0) is 11.2 Å². The number of hydrogen-bond donors (Lipinski definition) is 1. The zero-order valence-electron chi connectivity index (χ0n) is 14.0. The molecule has 0 aliphatic carbocycles. The Balaban J connectivity index is 1.62. The van der Waals surface area contributed by atoms with Crippen molar-refractivity contribution in [2.45, 2.75) is 33.1 Å². The average molecular weight is 314 g/mol. The molecule has 1 amide bonds. The van der Waals surface area contributed by atoms with E-state index in [1.54, 1.807) is 6.26 Å². The molecule has 0 unspecified atom stereocenters. The van der Waals surface area contributed by atoms with Crippen molar-refractivity contribution in [1.29, 1.82) is 0 Å². The van der Waals surface area contributed by atoms with Crippen LogP contribution in [0.2, 0.25) is 0 Å². The van der Waals surface area contributed by atoms with Crippen LogP contribution in [0.25, 0.3) is 11.0 Å². The fourth-order valence-corrected chi connectivity index (χ4v) is 3.52. The lowest BCUT2D eigenvalue weighted by Crippen LogP contribution is -2.44. The van der Waals surface area contributed by atoms with Crippen LogP contribution < -0.4 is 5.73 Å². The highest BCUT2D eigenvalue weighted by Gasteiger charge is 2.32. The first-order chi connectivity index (χ1) is 11.0. The number of benzene rings is 1. The molecule has 2 aromatic rings. The fraction of sp³-hybridized carbons (Fsp3) is 0.526. The molecule has 1 saturated heterocycles. The van der Waals surface area contributed by atoms with Gasteiger partial charge in [0.1, 0.15) is 5.58 Å². The summed E-state index contributed by atoms with van der Waals surface area (Å²) in [5, 5.41) is 1.04. The van der Waals surface area contributed by atoms with Crippen LogP contribution >= 0.6 is 0 Å². The second-order valence-electron chi connectivity index (χ2n) is 7.28. The summed E-state index contributed by atoms with van der Waals surface area (Å²) >= 11 is 0. The van der Waals surface area contributed by atoms with Crippen LogP contribution in [0.15, 0.2) is 34.9 Å². The van der Waals surface area contributed by atoms with Gasteiger partial charge in [-0.2, -0.15) is 0 Å². The number of hydrogen-bond acceptors (Lipinski definition) is 3. The molecule has 124 valence electrons. The van der Waals surface area contributed by atoms with Gasteiger partial charge in [-0.25, -0.2) is 0 Å². The molecule has 2 N–H and O–H groups in total. The summed E-state index contributed by atoms with van der Waals surface area (Å²) in [5.41, 5.74) is 7.87. The lowest BCUT2D eigenvalue weighted by molar-refractivity contribution is -0.132. The average Bonchev–Trinajstić information content (AvgIpc) is 2.98. The molecule has 1 aliphatic rings. The van der Waals surface area contributed by atoms with Crippen LogP contribution in [0, 0.1) is 11.3 Å². The predicted molar refractivity (Wildman–Crippen MR) is 92.1 cm³/mol. The second kappa shape index (κ2) is 6.36. The number of amides is 1. The Hall–Kier alpha value is -1.81. The minimum Gasteiger partial charge on any atom is -0.464 e. The third kappa shape index (κ3) is 3.27. The third-order valence-electron chi connectivity index (χ3n) is 5.38. The molecular weight excluding hydrogens is 288 g/mol. The van der Waals surface area contributed by atoms with Crippen LogP contribution in [0.3, 0.4) is 0 Å². The molecule has 1 aromatic carbocycles. The van der Waals surface area contributed by atoms with Gasteiger partial charge in [-0.15, -0.1) is 0 Å². The Bertz CT molecular complexity index is 681. The number of rotatable bonds is 4. The standard InChI is InChI=1S/C19H26N2O2/c1-19(2,13-20)15-7-9-21(10-8-15)18(22)11-14-12-23-17-6-4-3-5-16(14)17/h3-6,12,15H,7-11,13,20H2,1-2H3. The van der Waals surface area contributed by atoms with E-state index in [1.807, 2.05) is 29.2 Å². The molecule has 1 aliphatic heterocycles. The van der Waals surface area contributed by atoms with Gasteiger partial charge in [0.05, 0.1) is 12.7 Å². The molecule has 0 radical (unpaired) electrons. The Morgan fingerprint density at radius 3 is 2.70 bits per heavy atom. The summed E-state index contributed by atoms with van der Waals surface area (Å²) in [6.07, 6.45) is 4.22. The summed E-state index contributed by atoms with van der Waals surface area (Å²) < 4.78 is 5.53. The van der Waals surface area contributed by atoms with Gasteiger partial charge < -0.3 is 15.1 Å². The number of furan rings is 1. The molecule has 0 saturated carbocycles. The van der Waals surface area contributed by atoms with E-state index in [2.05, 4.69) is 13.8 Å². The number of fused-ring (bicyclic) bond motifs is 1. The number of para-hydroxylation sites is 1. The predicted octanol–water partition coefficient (Wildman–Crippen LogP) is 3.20. The van der Waals surface area contributed by atoms with Gasteiger partial charge in [0.2, 0.25) is 5.91 Å². The van der Waals surface area contributed by atoms with Crippen molar-refractivity contribution in [2.24, 2.45) is 17.1 Å². The van der Waals surface area contributed by atoms with Gasteiger partial charge in [0.25, 0.3) is 0 Å². The van der Waals surface area contributed by atoms with Crippen LogP contribution in [0.1, 0.15) is 32.3 Å². The molecule has 23 heavy (non-hydrogen) atoms. The van der Waals surface area contributed by atoms with Gasteiger partial charge in [0, 0.05) is 24.0 Å². The van der Waals surface area contributed by atoms with E-state index in [0.717, 1.165) is 42.5 Å². The Morgan fingerprint density at radius 1 is 1.30 bits per heavy atom. The first kappa shape index (κ1) is 16.1. The van der Waals surface area contributed by atoms with Gasteiger partial charge in [-0.05, 0) is 36.8 Å². The van der Waals surface area contributed by atoms with E-state index in [1.165, 1.54) is 0 Å². The normalized spacial score (nSPS) is 16.9. The summed E-state index contributed by atoms with van der Waals surface area (Å²) in [6.45, 7) is 6.83. The van der Waals surface area contributed by atoms with Gasteiger partial charge in [-0.3, -0.25) is 4.79 Å². The van der Waals surface area contributed by atoms with Crippen molar-refractivity contribution in [2.75, 3.05) is 19.6 Å². The van der Waals surface area contributed by atoms with Crippen molar-refractivity contribution in [1.82, 2.24) is 4.90 Å². The van der Waals surface area contributed by atoms with Crippen LogP contribution in [0.4, 0.5) is 0 Å². The first-order valence-corrected chi connectivity index (χ1v) is 8.44. The molecule has 0 spiro atoms. The third-order valence-corrected chi connectivity index (χ3v) is 5.38. The summed E-state index contributed by atoms with van der Waals surface area (Å²) in [7, 11) is 0. The minimum atomic E-state index is 0.163. The van der Waals surface area contributed by atoms with Crippen molar-refractivity contribution in [3.63, 3.8) is 0 Å². The van der Waals surface area contributed by atoms with Crippen molar-refractivity contribution in [3.8, 4) is 0 Å². The van der Waals surface area contributed by atoms with Gasteiger partial charge in [-0.1, -0.05) is 32.0 Å². The Labute approximate surface area is 137 Å². The summed E-state index contributed by atoms with van der Waals surface area (Å²) in [6, 6.07) is 7.87. The zero-order valence-corrected chi connectivity index (χ0v) is 14.0. The highest BCUT2D eigenvalue weighted by molar-refractivity contribution is 5.87. The highest BCUT2D eigenvalue weighted by atomic mass is 16.3. The van der Waals surface area contributed by atoms with E-state index >= 15 is 0 Å². The second-order valence-corrected chi connectivity index (χ2v) is 7.28. The molecule has 0 atom stereocenters. The van der Waals surface area contributed by atoms with E-state index in [0.29, 0.717) is 18.9 Å². The first-order valence-electron chi connectivity index (χ1n) is 8.44. The number of piperidine rings is 1. The van der Waals surface area contributed by atoms with E-state index < -0.39 is 0 Å². The molecule has 4 nitrogen and oxygen atoms in total. The SMILES string of the molecule is CC(C)(CN)C1CCN(C(=O)Cc2coc3ccccc23)CC1. The molecule has 4 heteroatoms.